The van der Waals surface area contributed by atoms with Crippen molar-refractivity contribution in [3.63, 3.8) is 0 Å². The summed E-state index contributed by atoms with van der Waals surface area (Å²) in [4.78, 5) is 16.7. The van der Waals surface area contributed by atoms with E-state index in [-0.39, 0.29) is 12.4 Å². The first kappa shape index (κ1) is 14.8. The summed E-state index contributed by atoms with van der Waals surface area (Å²) < 4.78 is 7.42. The number of aromatic nitrogens is 6. The van der Waals surface area contributed by atoms with E-state index in [1.54, 1.807) is 24.3 Å². The summed E-state index contributed by atoms with van der Waals surface area (Å²) in [7, 11) is 0. The summed E-state index contributed by atoms with van der Waals surface area (Å²) in [5, 5.41) is 15.8. The van der Waals surface area contributed by atoms with E-state index in [1.165, 1.54) is 11.3 Å². The number of halogens is 1. The van der Waals surface area contributed by atoms with Gasteiger partial charge in [-0.25, -0.2) is 4.79 Å². The highest BCUT2D eigenvalue weighted by molar-refractivity contribution is 7.08. The van der Waals surface area contributed by atoms with E-state index in [4.69, 9.17) is 16.1 Å². The van der Waals surface area contributed by atoms with Gasteiger partial charge in [-0.15, -0.1) is 0 Å². The zero-order chi connectivity index (χ0) is 16.5. The van der Waals surface area contributed by atoms with E-state index >= 15 is 0 Å². The van der Waals surface area contributed by atoms with Crippen LogP contribution in [0.15, 0.2) is 50.4 Å². The molecule has 24 heavy (non-hydrogen) atoms. The van der Waals surface area contributed by atoms with Crippen molar-refractivity contribution in [1.29, 1.82) is 0 Å². The van der Waals surface area contributed by atoms with Crippen LogP contribution in [0, 0.1) is 0 Å². The lowest BCUT2D eigenvalue weighted by atomic mass is 10.3. The van der Waals surface area contributed by atoms with Crippen LogP contribution in [-0.2, 0) is 6.54 Å². The van der Waals surface area contributed by atoms with Crippen molar-refractivity contribution in [2.75, 3.05) is 0 Å². The van der Waals surface area contributed by atoms with Gasteiger partial charge >= 0.3 is 5.69 Å². The largest absolute Gasteiger partial charge is 0.369 e. The maximum atomic E-state index is 12.4. The Balaban J connectivity index is 1.63. The molecule has 0 aliphatic carbocycles. The number of rotatable bonds is 4. The number of thiophene rings is 1. The molecule has 0 bridgehead atoms. The van der Waals surface area contributed by atoms with Gasteiger partial charge in [-0.1, -0.05) is 28.9 Å². The molecule has 3 aromatic heterocycles. The number of tetrazole rings is 1. The molecular weight excluding hydrogens is 352 g/mol. The first-order chi connectivity index (χ1) is 11.7. The van der Waals surface area contributed by atoms with Crippen molar-refractivity contribution in [3.8, 4) is 17.1 Å². The fourth-order valence-electron chi connectivity index (χ4n) is 2.10. The molecule has 0 saturated carbocycles. The molecule has 1 aromatic carbocycles. The van der Waals surface area contributed by atoms with Gasteiger partial charge in [-0.2, -0.15) is 25.7 Å². The summed E-state index contributed by atoms with van der Waals surface area (Å²) in [5.74, 6) is 0.738. The first-order valence-corrected chi connectivity index (χ1v) is 8.17. The van der Waals surface area contributed by atoms with Crippen molar-refractivity contribution < 1.29 is 4.52 Å². The van der Waals surface area contributed by atoms with E-state index in [0.717, 1.165) is 14.9 Å². The van der Waals surface area contributed by atoms with E-state index in [1.807, 2.05) is 16.8 Å². The molecule has 4 aromatic rings. The van der Waals surface area contributed by atoms with Crippen LogP contribution in [0.4, 0.5) is 0 Å². The minimum atomic E-state index is -0.446. The van der Waals surface area contributed by atoms with Crippen LogP contribution < -0.4 is 5.69 Å². The number of hydrogen-bond donors (Lipinski definition) is 0. The highest BCUT2D eigenvalue weighted by Crippen LogP contribution is 2.19. The molecule has 120 valence electrons. The third-order valence-corrected chi connectivity index (χ3v) is 4.26. The quantitative estimate of drug-likeness (QED) is 0.554. The van der Waals surface area contributed by atoms with Gasteiger partial charge in [0, 0.05) is 10.9 Å². The smallest absolute Gasteiger partial charge is 0.337 e. The molecule has 10 heteroatoms. The molecule has 3 heterocycles. The van der Waals surface area contributed by atoms with Gasteiger partial charge < -0.3 is 4.52 Å². The van der Waals surface area contributed by atoms with Crippen LogP contribution in [0.1, 0.15) is 5.89 Å². The fraction of sp³-hybridized carbons (Fsp3) is 0.0714. The molecule has 0 fully saturated rings. The number of benzene rings is 1. The van der Waals surface area contributed by atoms with Crippen LogP contribution in [0.2, 0.25) is 5.02 Å². The molecule has 0 aliphatic rings. The zero-order valence-corrected chi connectivity index (χ0v) is 13.6. The van der Waals surface area contributed by atoms with Gasteiger partial charge in [-0.05, 0) is 34.0 Å². The second kappa shape index (κ2) is 6.02. The van der Waals surface area contributed by atoms with Gasteiger partial charge in [0.2, 0.25) is 11.7 Å². The van der Waals surface area contributed by atoms with E-state index in [2.05, 4.69) is 20.6 Å². The van der Waals surface area contributed by atoms with Crippen LogP contribution in [-0.4, -0.2) is 29.9 Å². The minimum absolute atomic E-state index is 0.0282. The third-order valence-electron chi connectivity index (χ3n) is 3.25. The summed E-state index contributed by atoms with van der Waals surface area (Å²) >= 11 is 7.62. The second-order valence-corrected chi connectivity index (χ2v) is 5.99. The molecule has 0 aliphatic heterocycles. The maximum absolute atomic E-state index is 12.4. The topological polar surface area (TPSA) is 91.6 Å². The molecular formula is C14H9ClN6O2S. The molecule has 0 N–H and O–H groups in total. The van der Waals surface area contributed by atoms with Gasteiger partial charge in [-0.3, -0.25) is 0 Å². The molecule has 0 amide bonds. The predicted molar refractivity (Wildman–Crippen MR) is 87.3 cm³/mol. The Morgan fingerprint density at radius 3 is 2.88 bits per heavy atom. The third kappa shape index (κ3) is 2.63. The standard InChI is InChI=1S/C14H9ClN6O2S/c15-10-3-1-2-4-11(10)21-14(22)20(18-19-21)7-12-16-13(17-23-12)9-5-6-24-8-9/h1-6,8H,7H2. The monoisotopic (exact) mass is 360 g/mol. The zero-order valence-electron chi connectivity index (χ0n) is 12.0. The van der Waals surface area contributed by atoms with Crippen molar-refractivity contribution in [3.05, 3.63) is 62.5 Å². The van der Waals surface area contributed by atoms with Crippen LogP contribution in [0.25, 0.3) is 17.1 Å². The summed E-state index contributed by atoms with van der Waals surface area (Å²) in [5.41, 5.74) is 0.875. The summed E-state index contributed by atoms with van der Waals surface area (Å²) in [6.45, 7) is 0.0282. The molecule has 0 unspecified atom stereocenters. The normalized spacial score (nSPS) is 11.0. The molecule has 0 atom stereocenters. The number of hydrogen-bond acceptors (Lipinski definition) is 7. The van der Waals surface area contributed by atoms with Gasteiger partial charge in [0.05, 0.1) is 10.7 Å². The Morgan fingerprint density at radius 2 is 2.08 bits per heavy atom. The van der Waals surface area contributed by atoms with Crippen LogP contribution in [0.5, 0.6) is 0 Å². The average Bonchev–Trinajstić information content (AvgIpc) is 3.31. The molecule has 8 nitrogen and oxygen atoms in total. The van der Waals surface area contributed by atoms with Gasteiger partial charge in [0.1, 0.15) is 6.54 Å². The number of nitrogens with zero attached hydrogens (tertiary/aromatic N) is 6. The lowest BCUT2D eigenvalue weighted by molar-refractivity contribution is 0.363. The predicted octanol–water partition coefficient (Wildman–Crippen LogP) is 2.24. The molecule has 0 saturated heterocycles. The lowest BCUT2D eigenvalue weighted by Crippen LogP contribution is -2.25. The molecule has 0 spiro atoms. The van der Waals surface area contributed by atoms with Gasteiger partial charge in [0.25, 0.3) is 0 Å². The second-order valence-electron chi connectivity index (χ2n) is 4.81. The lowest BCUT2D eigenvalue weighted by Gasteiger charge is -1.99. The minimum Gasteiger partial charge on any atom is -0.337 e. The first-order valence-electron chi connectivity index (χ1n) is 6.85. The maximum Gasteiger partial charge on any atom is 0.369 e. The van der Waals surface area contributed by atoms with E-state index in [9.17, 15) is 4.79 Å². The average molecular weight is 361 g/mol. The highest BCUT2D eigenvalue weighted by Gasteiger charge is 2.15. The Hall–Kier alpha value is -2.78. The molecule has 0 radical (unpaired) electrons. The fourth-order valence-corrected chi connectivity index (χ4v) is 2.95. The van der Waals surface area contributed by atoms with Crippen molar-refractivity contribution >= 4 is 22.9 Å². The Labute approximate surface area is 143 Å². The van der Waals surface area contributed by atoms with Crippen molar-refractivity contribution in [2.24, 2.45) is 0 Å². The number of para-hydroxylation sites is 1. The van der Waals surface area contributed by atoms with Crippen molar-refractivity contribution in [1.82, 2.24) is 29.9 Å². The summed E-state index contributed by atoms with van der Waals surface area (Å²) in [6.07, 6.45) is 0. The summed E-state index contributed by atoms with van der Waals surface area (Å²) in [6, 6.07) is 8.78. The van der Waals surface area contributed by atoms with Crippen LogP contribution in [0.3, 0.4) is 0 Å². The molecule has 4 rings (SSSR count). The Kier molecular flexibility index (Phi) is 3.71. The van der Waals surface area contributed by atoms with E-state index < -0.39 is 5.69 Å². The van der Waals surface area contributed by atoms with Crippen LogP contribution >= 0.6 is 22.9 Å². The van der Waals surface area contributed by atoms with Crippen molar-refractivity contribution in [2.45, 2.75) is 6.54 Å². The Morgan fingerprint density at radius 1 is 1.21 bits per heavy atom. The Bertz CT molecular complexity index is 1040. The van der Waals surface area contributed by atoms with E-state index in [0.29, 0.717) is 16.5 Å². The SMILES string of the molecule is O=c1n(Cc2nc(-c3ccsc3)no2)nnn1-c1ccccc1Cl. The highest BCUT2D eigenvalue weighted by atomic mass is 35.5. The van der Waals surface area contributed by atoms with Gasteiger partial charge in [0.15, 0.2) is 0 Å².